The van der Waals surface area contributed by atoms with E-state index in [9.17, 15) is 4.79 Å². The monoisotopic (exact) mass is 290 g/mol. The molecule has 0 fully saturated rings. The molecule has 5 heteroatoms. The van der Waals surface area contributed by atoms with Crippen LogP contribution in [0.1, 0.15) is 15.4 Å². The van der Waals surface area contributed by atoms with E-state index in [0.29, 0.717) is 17.8 Å². The maximum atomic E-state index is 10.6. The van der Waals surface area contributed by atoms with E-state index < -0.39 is 0 Å². The minimum atomic E-state index is 0.0732. The number of hydrogen-bond donors (Lipinski definition) is 1. The lowest BCUT2D eigenvalue weighted by Crippen LogP contribution is -1.69. The van der Waals surface area contributed by atoms with Crippen molar-refractivity contribution >= 4 is 29.0 Å². The van der Waals surface area contributed by atoms with E-state index in [1.807, 2.05) is 24.3 Å². The molecule has 0 spiro atoms. The van der Waals surface area contributed by atoms with Crippen molar-refractivity contribution in [2.24, 2.45) is 0 Å². The maximum absolute atomic E-state index is 10.6. The van der Waals surface area contributed by atoms with Gasteiger partial charge in [0.1, 0.15) is 5.76 Å². The molecule has 0 radical (unpaired) electrons. The third-order valence-electron chi connectivity index (χ3n) is 2.65. The first kappa shape index (κ1) is 12.3. The average molecular weight is 290 g/mol. The summed E-state index contributed by atoms with van der Waals surface area (Å²) in [6, 6.07) is 11.4. The molecule has 0 atom stereocenters. The van der Waals surface area contributed by atoms with Crippen LogP contribution >= 0.6 is 22.7 Å². The van der Waals surface area contributed by atoms with Crippen LogP contribution < -0.4 is 0 Å². The zero-order chi connectivity index (χ0) is 13.2. The highest BCUT2D eigenvalue weighted by atomic mass is 32.1. The van der Waals surface area contributed by atoms with Crippen molar-refractivity contribution in [1.82, 2.24) is 0 Å². The molecule has 0 amide bonds. The third kappa shape index (κ3) is 2.40. The first-order chi connectivity index (χ1) is 9.30. The second-order valence-electron chi connectivity index (χ2n) is 3.91. The normalized spacial score (nSPS) is 10.8. The Morgan fingerprint density at radius 2 is 1.74 bits per heavy atom. The molecule has 0 unspecified atom stereocenters. The molecule has 3 aromatic rings. The summed E-state index contributed by atoms with van der Waals surface area (Å²) in [6.07, 6.45) is 0.699. The molecule has 0 saturated carbocycles. The number of aliphatic hydroxyl groups is 1. The molecule has 1 N–H and O–H groups in total. The summed E-state index contributed by atoms with van der Waals surface area (Å²) in [6.45, 7) is 0.0732. The lowest BCUT2D eigenvalue weighted by atomic mass is 10.3. The Morgan fingerprint density at radius 1 is 1.00 bits per heavy atom. The summed E-state index contributed by atoms with van der Waals surface area (Å²) in [5.41, 5.74) is 0. The van der Waals surface area contributed by atoms with Gasteiger partial charge in [0.2, 0.25) is 0 Å². The van der Waals surface area contributed by atoms with Crippen molar-refractivity contribution in [3.63, 3.8) is 0 Å². The lowest BCUT2D eigenvalue weighted by molar-refractivity contribution is 0.110. The van der Waals surface area contributed by atoms with Crippen molar-refractivity contribution < 1.29 is 14.3 Å². The SMILES string of the molecule is O=Cc1ccc(-c2ccc(-c3ccc(CO)s3)s2)o1. The number of rotatable bonds is 4. The Hall–Kier alpha value is -1.69. The molecule has 3 rings (SSSR count). The largest absolute Gasteiger partial charge is 0.452 e. The number of thiophene rings is 2. The summed E-state index contributed by atoms with van der Waals surface area (Å²) in [4.78, 5) is 14.8. The number of carbonyl (C=O) groups excluding carboxylic acids is 1. The molecular formula is C14H10O3S2. The minimum Gasteiger partial charge on any atom is -0.452 e. The van der Waals surface area contributed by atoms with Gasteiger partial charge in [-0.1, -0.05) is 0 Å². The Morgan fingerprint density at radius 3 is 2.42 bits per heavy atom. The van der Waals surface area contributed by atoms with Gasteiger partial charge >= 0.3 is 0 Å². The van der Waals surface area contributed by atoms with Crippen molar-refractivity contribution in [3.8, 4) is 20.4 Å². The zero-order valence-corrected chi connectivity index (χ0v) is 11.5. The lowest BCUT2D eigenvalue weighted by Gasteiger charge is -1.90. The second-order valence-corrected chi connectivity index (χ2v) is 6.16. The van der Waals surface area contributed by atoms with Crippen LogP contribution in [-0.4, -0.2) is 11.4 Å². The van der Waals surface area contributed by atoms with Crippen LogP contribution in [0.25, 0.3) is 20.4 Å². The van der Waals surface area contributed by atoms with Gasteiger partial charge in [-0.2, -0.15) is 0 Å². The van der Waals surface area contributed by atoms with Gasteiger partial charge in [0.15, 0.2) is 12.0 Å². The van der Waals surface area contributed by atoms with Gasteiger partial charge in [0.05, 0.1) is 11.5 Å². The topological polar surface area (TPSA) is 50.4 Å². The van der Waals surface area contributed by atoms with Gasteiger partial charge < -0.3 is 9.52 Å². The van der Waals surface area contributed by atoms with Crippen LogP contribution in [0, 0.1) is 0 Å². The third-order valence-corrected chi connectivity index (χ3v) is 5.02. The fraction of sp³-hybridized carbons (Fsp3) is 0.0714. The van der Waals surface area contributed by atoms with Gasteiger partial charge in [-0.25, -0.2) is 0 Å². The van der Waals surface area contributed by atoms with Crippen molar-refractivity contribution in [1.29, 1.82) is 0 Å². The van der Waals surface area contributed by atoms with E-state index in [-0.39, 0.29) is 6.61 Å². The fourth-order valence-corrected chi connectivity index (χ4v) is 3.67. The quantitative estimate of drug-likeness (QED) is 0.738. The molecule has 3 nitrogen and oxygen atoms in total. The molecule has 19 heavy (non-hydrogen) atoms. The van der Waals surface area contributed by atoms with Gasteiger partial charge in [0.25, 0.3) is 0 Å². The first-order valence-electron chi connectivity index (χ1n) is 5.65. The van der Waals surface area contributed by atoms with E-state index in [1.165, 1.54) is 0 Å². The van der Waals surface area contributed by atoms with Crippen molar-refractivity contribution in [3.05, 3.63) is 47.0 Å². The summed E-state index contributed by atoms with van der Waals surface area (Å²) in [7, 11) is 0. The van der Waals surface area contributed by atoms with Crippen molar-refractivity contribution in [2.75, 3.05) is 0 Å². The predicted octanol–water partition coefficient (Wildman–Crippen LogP) is 4.04. The number of carbonyl (C=O) groups is 1. The fourth-order valence-electron chi connectivity index (χ4n) is 1.75. The first-order valence-corrected chi connectivity index (χ1v) is 7.28. The van der Waals surface area contributed by atoms with Crippen LogP contribution in [0.3, 0.4) is 0 Å². The van der Waals surface area contributed by atoms with Gasteiger partial charge in [-0.3, -0.25) is 4.79 Å². The highest BCUT2D eigenvalue weighted by Gasteiger charge is 2.10. The van der Waals surface area contributed by atoms with E-state index in [2.05, 4.69) is 0 Å². The highest BCUT2D eigenvalue weighted by molar-refractivity contribution is 7.23. The highest BCUT2D eigenvalue weighted by Crippen LogP contribution is 2.38. The minimum absolute atomic E-state index is 0.0732. The Kier molecular flexibility index (Phi) is 3.33. The molecular weight excluding hydrogens is 280 g/mol. The van der Waals surface area contributed by atoms with Gasteiger partial charge in [-0.05, 0) is 36.4 Å². The standard InChI is InChI=1S/C14H10O3S2/c15-7-9-1-3-11(17-9)12-5-6-14(19-12)13-4-2-10(8-16)18-13/h1-7,16H,8H2. The molecule has 3 heterocycles. The maximum Gasteiger partial charge on any atom is 0.185 e. The summed E-state index contributed by atoms with van der Waals surface area (Å²) in [5.74, 6) is 1.04. The number of hydrogen-bond acceptors (Lipinski definition) is 5. The van der Waals surface area contributed by atoms with Crippen LogP contribution in [0.2, 0.25) is 0 Å². The zero-order valence-electron chi connectivity index (χ0n) is 9.83. The van der Waals surface area contributed by atoms with Crippen molar-refractivity contribution in [2.45, 2.75) is 6.61 Å². The molecule has 0 aliphatic heterocycles. The van der Waals surface area contributed by atoms with Crippen LogP contribution in [-0.2, 0) is 6.61 Å². The summed E-state index contributed by atoms with van der Waals surface area (Å²) in [5, 5.41) is 9.08. The number of aliphatic hydroxyl groups excluding tert-OH is 1. The van der Waals surface area contributed by atoms with Crippen LogP contribution in [0.4, 0.5) is 0 Å². The van der Waals surface area contributed by atoms with E-state index in [1.54, 1.807) is 34.8 Å². The summed E-state index contributed by atoms with van der Waals surface area (Å²) >= 11 is 3.18. The summed E-state index contributed by atoms with van der Waals surface area (Å²) < 4.78 is 5.40. The van der Waals surface area contributed by atoms with E-state index in [0.717, 1.165) is 19.5 Å². The molecule has 0 saturated heterocycles. The Bertz CT molecular complexity index is 706. The smallest absolute Gasteiger partial charge is 0.185 e. The molecule has 96 valence electrons. The molecule has 0 aliphatic carbocycles. The molecule has 0 bridgehead atoms. The Balaban J connectivity index is 1.92. The Labute approximate surface area is 117 Å². The van der Waals surface area contributed by atoms with Gasteiger partial charge in [-0.15, -0.1) is 22.7 Å². The number of furan rings is 1. The van der Waals surface area contributed by atoms with Crippen LogP contribution in [0.15, 0.2) is 40.8 Å². The molecule has 0 aromatic carbocycles. The van der Waals surface area contributed by atoms with E-state index in [4.69, 9.17) is 9.52 Å². The van der Waals surface area contributed by atoms with Gasteiger partial charge in [0, 0.05) is 14.6 Å². The average Bonchev–Trinajstić information content (AvgIpc) is 3.16. The van der Waals surface area contributed by atoms with E-state index >= 15 is 0 Å². The number of aldehydes is 1. The molecule has 0 aliphatic rings. The predicted molar refractivity (Wildman–Crippen MR) is 76.6 cm³/mol. The molecule has 3 aromatic heterocycles. The van der Waals surface area contributed by atoms with Crippen LogP contribution in [0.5, 0.6) is 0 Å². The second kappa shape index (κ2) is 5.13.